The molecule has 4 nitrogen and oxygen atoms in total. The summed E-state index contributed by atoms with van der Waals surface area (Å²) in [5.41, 5.74) is 17.2. The predicted octanol–water partition coefficient (Wildman–Crippen LogP) is 20.8. The molecular weight excluding hydrogens is 997 g/mol. The molecule has 2 aromatic heterocycles. The molecule has 13 aromatic rings. The van der Waals surface area contributed by atoms with Gasteiger partial charge in [-0.05, 0) is 133 Å². The molecule has 0 N–H and O–H groups in total. The van der Waals surface area contributed by atoms with Gasteiger partial charge >= 0.3 is 0 Å². The van der Waals surface area contributed by atoms with Gasteiger partial charge in [0.05, 0.1) is 35.6 Å². The average molecular weight is 1060 g/mol. The topological polar surface area (TPSA) is 32.8 Å². The number of hydrogen-bond donors (Lipinski definition) is 0. The van der Waals surface area contributed by atoms with E-state index in [9.17, 15) is 0 Å². The fourth-order valence-electron chi connectivity index (χ4n) is 14.5. The lowest BCUT2D eigenvalue weighted by Crippen LogP contribution is -2.63. The summed E-state index contributed by atoms with van der Waals surface area (Å²) in [6, 6.07) is 76.9. The van der Waals surface area contributed by atoms with E-state index < -0.39 is 24.2 Å². The molecule has 0 atom stereocenters. The molecule has 1 aliphatic carbocycles. The number of anilines is 6. The minimum Gasteiger partial charge on any atom is -0.454 e. The van der Waals surface area contributed by atoms with Gasteiger partial charge in [0, 0.05) is 49.0 Å². The summed E-state index contributed by atoms with van der Waals surface area (Å²) in [6.07, 6.45) is 0. The smallest absolute Gasteiger partial charge is 0.159 e. The zero-order valence-electron chi connectivity index (χ0n) is 46.3. The first-order valence-electron chi connectivity index (χ1n) is 27.7. The molecule has 0 bridgehead atoms. The zero-order chi connectivity index (χ0) is 53.6. The highest BCUT2D eigenvalue weighted by molar-refractivity contribution is 7.00. The van der Waals surface area contributed by atoms with Crippen molar-refractivity contribution in [2.24, 2.45) is 0 Å². The summed E-state index contributed by atoms with van der Waals surface area (Å²) < 4.78 is 13.8. The van der Waals surface area contributed by atoms with Crippen molar-refractivity contribution >= 4 is 140 Å². The first kappa shape index (κ1) is 48.4. The lowest BCUT2D eigenvalue weighted by atomic mass is 9.91. The van der Waals surface area contributed by atoms with Crippen LogP contribution < -0.4 is 15.0 Å². The van der Waals surface area contributed by atoms with Gasteiger partial charge in [0.2, 0.25) is 0 Å². The number of nitrogens with zero attached hydrogens (tertiary/aromatic N) is 2. The minimum absolute atomic E-state index is 0.167. The van der Waals surface area contributed by atoms with Crippen LogP contribution in [0.1, 0.15) is 16.7 Å². The van der Waals surface area contributed by atoms with E-state index in [0.717, 1.165) is 78.2 Å². The second-order valence-electron chi connectivity index (χ2n) is 24.9. The summed E-state index contributed by atoms with van der Waals surface area (Å²) in [6.45, 7) is 25.3. The van der Waals surface area contributed by atoms with E-state index in [-0.39, 0.29) is 4.66 Å². The lowest BCUT2D eigenvalue weighted by Gasteiger charge is -2.52. The van der Waals surface area contributed by atoms with Crippen LogP contribution in [-0.2, 0) is 4.66 Å². The van der Waals surface area contributed by atoms with Crippen LogP contribution in [-0.4, -0.2) is 24.2 Å². The van der Waals surface area contributed by atoms with E-state index in [1.807, 2.05) is 0 Å². The molecule has 382 valence electrons. The summed E-state index contributed by atoms with van der Waals surface area (Å²) in [5, 5.41) is 13.8. The second kappa shape index (κ2) is 17.3. The molecule has 0 fully saturated rings. The highest BCUT2D eigenvalue weighted by atomic mass is 28.4. The van der Waals surface area contributed by atoms with Gasteiger partial charge in [-0.2, -0.15) is 0 Å². The number of fused-ring (bicyclic) bond motifs is 16. The standard InChI is InChI=1S/C71H64N2O2Si3/c1-45-23-19-30-55-56-31-20-34-61(68(56)74-67(45)55)73(48-26-15-12-16-27-48)50-39-42-54-60(44-50)52-28-17-18-29-53(52)64-59-40-37-46-43-49(38-41-51(46)65(59)71(66(54)64,77(5,6)7)78(8,9)10)72(47-24-13-11-14-25-47)62-35-21-32-57-58-33-22-36-63(76(2,3)4)70(58)75-69(57)62/h11-44H,1-10H3. The molecule has 0 saturated carbocycles. The van der Waals surface area contributed by atoms with Gasteiger partial charge in [-0.25, -0.2) is 0 Å². The highest BCUT2D eigenvalue weighted by Crippen LogP contribution is 2.63. The SMILES string of the molecule is Cc1cccc2c1oc1c(N(c3ccccc3)c3ccc4c5c(c6ccccc6c4c3)-c3ccc4cc(N(c6ccccc6)c6cccc7c6oc6c([Si](C)(C)C)cccc67)ccc4c3C5([Si](C)(C)C)[Si](C)(C)C)cccc12. The van der Waals surface area contributed by atoms with Crippen molar-refractivity contribution in [2.75, 3.05) is 9.80 Å². The zero-order valence-corrected chi connectivity index (χ0v) is 49.3. The van der Waals surface area contributed by atoms with Crippen molar-refractivity contribution in [2.45, 2.75) is 70.5 Å². The molecule has 0 amide bonds. The van der Waals surface area contributed by atoms with E-state index >= 15 is 0 Å². The van der Waals surface area contributed by atoms with Crippen molar-refractivity contribution in [1.29, 1.82) is 0 Å². The molecule has 2 heterocycles. The maximum atomic E-state index is 7.11. The van der Waals surface area contributed by atoms with Crippen molar-refractivity contribution in [1.82, 2.24) is 0 Å². The van der Waals surface area contributed by atoms with Crippen molar-refractivity contribution < 1.29 is 8.83 Å². The Balaban J connectivity index is 1.01. The van der Waals surface area contributed by atoms with E-state index in [1.54, 1.807) is 0 Å². The minimum atomic E-state index is -2.21. The summed E-state index contributed by atoms with van der Waals surface area (Å²) in [7, 11) is -6.15. The molecule has 11 aromatic carbocycles. The molecule has 0 saturated heterocycles. The van der Waals surface area contributed by atoms with Crippen LogP contribution in [0.15, 0.2) is 215 Å². The Kier molecular flexibility index (Phi) is 10.7. The van der Waals surface area contributed by atoms with Crippen LogP contribution in [0.4, 0.5) is 34.1 Å². The second-order valence-corrected chi connectivity index (χ2v) is 40.9. The van der Waals surface area contributed by atoms with Crippen LogP contribution in [0.3, 0.4) is 0 Å². The maximum absolute atomic E-state index is 7.11. The molecular formula is C71H64N2O2Si3. The van der Waals surface area contributed by atoms with Gasteiger partial charge in [-0.15, -0.1) is 0 Å². The number of furan rings is 2. The Labute approximate surface area is 460 Å². The molecule has 0 radical (unpaired) electrons. The summed E-state index contributed by atoms with van der Waals surface area (Å²) in [4.78, 5) is 4.82. The first-order chi connectivity index (χ1) is 37.5. The van der Waals surface area contributed by atoms with Crippen LogP contribution in [0.25, 0.3) is 87.3 Å². The molecule has 0 spiro atoms. The van der Waals surface area contributed by atoms with Gasteiger partial charge in [-0.1, -0.05) is 205 Å². The van der Waals surface area contributed by atoms with Crippen LogP contribution in [0, 0.1) is 6.92 Å². The monoisotopic (exact) mass is 1060 g/mol. The quantitative estimate of drug-likeness (QED) is 0.107. The van der Waals surface area contributed by atoms with Gasteiger partial charge < -0.3 is 18.6 Å². The molecule has 78 heavy (non-hydrogen) atoms. The van der Waals surface area contributed by atoms with Crippen LogP contribution in [0.5, 0.6) is 0 Å². The summed E-state index contributed by atoms with van der Waals surface area (Å²) >= 11 is 0. The number of hydrogen-bond acceptors (Lipinski definition) is 4. The first-order valence-corrected chi connectivity index (χ1v) is 38.2. The molecule has 0 unspecified atom stereocenters. The maximum Gasteiger partial charge on any atom is 0.159 e. The number of para-hydroxylation sites is 6. The Morgan fingerprint density at radius 2 is 0.833 bits per heavy atom. The number of benzene rings is 11. The van der Waals surface area contributed by atoms with E-state index in [4.69, 9.17) is 8.83 Å². The third-order valence-electron chi connectivity index (χ3n) is 17.3. The average Bonchev–Trinajstić information content (AvgIpc) is 4.29. The van der Waals surface area contributed by atoms with E-state index in [2.05, 4.69) is 282 Å². The van der Waals surface area contributed by atoms with Gasteiger partial charge in [0.25, 0.3) is 0 Å². The van der Waals surface area contributed by atoms with Crippen LogP contribution >= 0.6 is 0 Å². The van der Waals surface area contributed by atoms with Crippen molar-refractivity contribution in [3.63, 3.8) is 0 Å². The number of aryl methyl sites for hydroxylation is 1. The largest absolute Gasteiger partial charge is 0.454 e. The molecule has 7 heteroatoms. The Morgan fingerprint density at radius 1 is 0.346 bits per heavy atom. The Bertz CT molecular complexity index is 4580. The van der Waals surface area contributed by atoms with Gasteiger partial charge in [0.15, 0.2) is 11.2 Å². The molecule has 14 rings (SSSR count). The third kappa shape index (κ3) is 6.93. The normalized spacial score (nSPS) is 13.6. The molecule has 1 aliphatic rings. The number of rotatable bonds is 9. The highest BCUT2D eigenvalue weighted by Gasteiger charge is 2.60. The van der Waals surface area contributed by atoms with Crippen LogP contribution in [0.2, 0.25) is 58.9 Å². The lowest BCUT2D eigenvalue weighted by molar-refractivity contribution is 0.666. The van der Waals surface area contributed by atoms with Crippen molar-refractivity contribution in [3.05, 3.63) is 223 Å². The van der Waals surface area contributed by atoms with Gasteiger partial charge in [0.1, 0.15) is 11.2 Å². The van der Waals surface area contributed by atoms with E-state index in [1.165, 1.54) is 65.1 Å². The van der Waals surface area contributed by atoms with Gasteiger partial charge in [-0.3, -0.25) is 0 Å². The molecule has 0 aliphatic heterocycles. The summed E-state index contributed by atoms with van der Waals surface area (Å²) in [5.74, 6) is 0. The third-order valence-corrected chi connectivity index (χ3v) is 29.3. The fourth-order valence-corrected chi connectivity index (χ4v) is 29.0. The van der Waals surface area contributed by atoms with E-state index in [0.29, 0.717) is 0 Å². The fraction of sp³-hybridized carbons (Fsp3) is 0.155. The van der Waals surface area contributed by atoms with Crippen molar-refractivity contribution in [3.8, 4) is 11.1 Å². The Morgan fingerprint density at radius 3 is 1.42 bits per heavy atom. The Hall–Kier alpha value is -7.95. The predicted molar refractivity (Wildman–Crippen MR) is 344 cm³/mol.